The lowest BCUT2D eigenvalue weighted by Gasteiger charge is -2.37. The van der Waals surface area contributed by atoms with Gasteiger partial charge in [-0.15, -0.1) is 0 Å². The van der Waals surface area contributed by atoms with Gasteiger partial charge in [0, 0.05) is 6.04 Å². The number of aliphatic carboxylic acids is 1. The summed E-state index contributed by atoms with van der Waals surface area (Å²) in [5, 5.41) is 9.42. The van der Waals surface area contributed by atoms with Crippen LogP contribution in [0, 0.1) is 11.8 Å². The maximum Gasteiger partial charge on any atom is 0.320 e. The zero-order valence-corrected chi connectivity index (χ0v) is 10.5. The fourth-order valence-electron chi connectivity index (χ4n) is 4.41. The molecule has 2 saturated carbocycles. The molecule has 1 N–H and O–H groups in total. The van der Waals surface area contributed by atoms with Gasteiger partial charge in [0.2, 0.25) is 0 Å². The molecule has 2 aliphatic carbocycles. The van der Waals surface area contributed by atoms with Crippen molar-refractivity contribution in [2.75, 3.05) is 6.54 Å². The fraction of sp³-hybridized carbons (Fsp3) is 0.929. The van der Waals surface area contributed by atoms with Gasteiger partial charge in [0.25, 0.3) is 0 Å². The number of rotatable bonds is 2. The molecule has 0 aromatic rings. The van der Waals surface area contributed by atoms with Crippen molar-refractivity contribution >= 4 is 5.97 Å². The molecule has 3 heteroatoms. The molecule has 0 radical (unpaired) electrons. The first-order chi connectivity index (χ1) is 8.25. The number of fused-ring (bicyclic) bond motifs is 2. The number of hydrogen-bond donors (Lipinski definition) is 1. The molecule has 1 saturated heterocycles. The van der Waals surface area contributed by atoms with Crippen LogP contribution >= 0.6 is 0 Å². The summed E-state index contributed by atoms with van der Waals surface area (Å²) < 4.78 is 0. The normalized spacial score (nSPS) is 42.6. The monoisotopic (exact) mass is 237 g/mol. The Morgan fingerprint density at radius 2 is 1.94 bits per heavy atom. The highest BCUT2D eigenvalue weighted by atomic mass is 16.4. The lowest BCUT2D eigenvalue weighted by Crippen LogP contribution is -2.49. The molecule has 1 aliphatic heterocycles. The van der Waals surface area contributed by atoms with Gasteiger partial charge in [-0.25, -0.2) is 0 Å². The Kier molecular flexibility index (Phi) is 3.12. The summed E-state index contributed by atoms with van der Waals surface area (Å²) in [6, 6.07) is 0.398. The number of carboxylic acid groups (broad SMARTS) is 1. The van der Waals surface area contributed by atoms with Crippen LogP contribution in [0.4, 0.5) is 0 Å². The molecule has 0 spiro atoms. The van der Waals surface area contributed by atoms with Crippen molar-refractivity contribution in [3.8, 4) is 0 Å². The van der Waals surface area contributed by atoms with Crippen molar-refractivity contribution in [2.24, 2.45) is 11.8 Å². The van der Waals surface area contributed by atoms with Gasteiger partial charge in [0.15, 0.2) is 0 Å². The van der Waals surface area contributed by atoms with E-state index in [4.69, 9.17) is 0 Å². The number of likely N-dealkylation sites (tertiary alicyclic amines) is 1. The standard InChI is InChI=1S/C14H23NO2/c16-14(17)12-4-2-1-3-7-15(12)13-9-10-5-6-11(13)8-10/h10-13H,1-9H2,(H,16,17). The predicted molar refractivity (Wildman–Crippen MR) is 65.8 cm³/mol. The molecule has 17 heavy (non-hydrogen) atoms. The second-order valence-electron chi connectivity index (χ2n) is 6.18. The Balaban J connectivity index is 1.76. The van der Waals surface area contributed by atoms with Crippen molar-refractivity contribution in [3.63, 3.8) is 0 Å². The highest BCUT2D eigenvalue weighted by Gasteiger charge is 2.45. The van der Waals surface area contributed by atoms with Gasteiger partial charge in [-0.1, -0.05) is 19.3 Å². The Labute approximate surface area is 103 Å². The summed E-state index contributed by atoms with van der Waals surface area (Å²) in [5.41, 5.74) is 0. The minimum atomic E-state index is -0.588. The zero-order chi connectivity index (χ0) is 11.8. The molecule has 3 rings (SSSR count). The van der Waals surface area contributed by atoms with Crippen molar-refractivity contribution in [2.45, 2.75) is 63.5 Å². The molecule has 4 atom stereocenters. The molecule has 0 amide bonds. The van der Waals surface area contributed by atoms with Crippen molar-refractivity contribution in [3.05, 3.63) is 0 Å². The predicted octanol–water partition coefficient (Wildman–Crippen LogP) is 2.50. The van der Waals surface area contributed by atoms with Crippen LogP contribution in [-0.2, 0) is 4.79 Å². The largest absolute Gasteiger partial charge is 0.480 e. The van der Waals surface area contributed by atoms with Gasteiger partial charge in [-0.05, 0) is 50.5 Å². The first-order valence-electron chi connectivity index (χ1n) is 7.24. The van der Waals surface area contributed by atoms with Crippen LogP contribution in [0.15, 0.2) is 0 Å². The number of carboxylic acids is 1. The summed E-state index contributed by atoms with van der Waals surface area (Å²) >= 11 is 0. The Morgan fingerprint density at radius 3 is 2.59 bits per heavy atom. The van der Waals surface area contributed by atoms with Crippen LogP contribution in [0.1, 0.15) is 51.4 Å². The SMILES string of the molecule is O=C(O)C1CCCCCN1C1CC2CCC1C2. The summed E-state index contributed by atoms with van der Waals surface area (Å²) in [5.74, 6) is 1.12. The van der Waals surface area contributed by atoms with E-state index in [-0.39, 0.29) is 6.04 Å². The smallest absolute Gasteiger partial charge is 0.320 e. The Hall–Kier alpha value is -0.570. The molecular formula is C14H23NO2. The zero-order valence-electron chi connectivity index (χ0n) is 10.5. The van der Waals surface area contributed by atoms with E-state index in [2.05, 4.69) is 4.90 Å². The third kappa shape index (κ3) is 2.10. The van der Waals surface area contributed by atoms with E-state index in [1.807, 2.05) is 0 Å². The van der Waals surface area contributed by atoms with E-state index in [1.54, 1.807) is 0 Å². The summed E-state index contributed by atoms with van der Waals surface area (Å²) in [7, 11) is 0. The summed E-state index contributed by atoms with van der Waals surface area (Å²) in [6.07, 6.45) is 9.74. The summed E-state index contributed by atoms with van der Waals surface area (Å²) in [4.78, 5) is 13.8. The van der Waals surface area contributed by atoms with E-state index in [1.165, 1.54) is 38.5 Å². The average Bonchev–Trinajstić information content (AvgIpc) is 2.83. The van der Waals surface area contributed by atoms with E-state index in [0.29, 0.717) is 6.04 Å². The minimum absolute atomic E-state index is 0.193. The number of hydrogen-bond acceptors (Lipinski definition) is 2. The van der Waals surface area contributed by atoms with E-state index in [9.17, 15) is 9.90 Å². The third-order valence-electron chi connectivity index (χ3n) is 5.21. The quantitative estimate of drug-likeness (QED) is 0.802. The fourth-order valence-corrected chi connectivity index (χ4v) is 4.41. The maximum atomic E-state index is 11.4. The summed E-state index contributed by atoms with van der Waals surface area (Å²) in [6.45, 7) is 1.02. The maximum absolute atomic E-state index is 11.4. The first-order valence-corrected chi connectivity index (χ1v) is 7.24. The molecule has 1 heterocycles. The van der Waals surface area contributed by atoms with E-state index in [0.717, 1.165) is 31.2 Å². The first kappa shape index (κ1) is 11.5. The van der Waals surface area contributed by atoms with Crippen LogP contribution < -0.4 is 0 Å². The van der Waals surface area contributed by atoms with Crippen LogP contribution in [0.5, 0.6) is 0 Å². The van der Waals surface area contributed by atoms with Crippen LogP contribution in [0.3, 0.4) is 0 Å². The minimum Gasteiger partial charge on any atom is -0.480 e. The van der Waals surface area contributed by atoms with Gasteiger partial charge < -0.3 is 5.11 Å². The lowest BCUT2D eigenvalue weighted by atomic mass is 9.92. The van der Waals surface area contributed by atoms with Gasteiger partial charge >= 0.3 is 5.97 Å². The highest BCUT2D eigenvalue weighted by molar-refractivity contribution is 5.73. The van der Waals surface area contributed by atoms with Crippen molar-refractivity contribution in [1.29, 1.82) is 0 Å². The molecular weight excluding hydrogens is 214 g/mol. The van der Waals surface area contributed by atoms with Crippen LogP contribution in [-0.4, -0.2) is 34.6 Å². The van der Waals surface area contributed by atoms with Gasteiger partial charge in [-0.2, -0.15) is 0 Å². The van der Waals surface area contributed by atoms with Crippen LogP contribution in [0.2, 0.25) is 0 Å². The third-order valence-corrected chi connectivity index (χ3v) is 5.21. The molecule has 96 valence electrons. The van der Waals surface area contributed by atoms with Gasteiger partial charge in [-0.3, -0.25) is 9.69 Å². The highest BCUT2D eigenvalue weighted by Crippen LogP contribution is 2.47. The molecule has 0 aromatic heterocycles. The number of nitrogens with zero attached hydrogens (tertiary/aromatic N) is 1. The second-order valence-corrected chi connectivity index (χ2v) is 6.18. The molecule has 0 aromatic carbocycles. The molecule has 3 fully saturated rings. The molecule has 3 aliphatic rings. The number of carbonyl (C=O) groups is 1. The Morgan fingerprint density at radius 1 is 1.06 bits per heavy atom. The molecule has 2 bridgehead atoms. The molecule has 4 unspecified atom stereocenters. The van der Waals surface area contributed by atoms with Crippen LogP contribution in [0.25, 0.3) is 0 Å². The van der Waals surface area contributed by atoms with Crippen molar-refractivity contribution in [1.82, 2.24) is 4.90 Å². The van der Waals surface area contributed by atoms with E-state index < -0.39 is 5.97 Å². The second kappa shape index (κ2) is 4.60. The topological polar surface area (TPSA) is 40.5 Å². The van der Waals surface area contributed by atoms with E-state index >= 15 is 0 Å². The Bertz CT molecular complexity index is 305. The van der Waals surface area contributed by atoms with Gasteiger partial charge in [0.1, 0.15) is 6.04 Å². The average molecular weight is 237 g/mol. The molecule has 3 nitrogen and oxygen atoms in total. The lowest BCUT2D eigenvalue weighted by molar-refractivity contribution is -0.145. The van der Waals surface area contributed by atoms with Gasteiger partial charge in [0.05, 0.1) is 0 Å². The van der Waals surface area contributed by atoms with Crippen molar-refractivity contribution < 1.29 is 9.90 Å².